The molecule has 1 N–H and O–H groups in total. The van der Waals surface area contributed by atoms with Crippen LogP contribution in [0, 0.1) is 5.41 Å². The lowest BCUT2D eigenvalue weighted by molar-refractivity contribution is -0.151. The number of carboxylic acids is 1. The summed E-state index contributed by atoms with van der Waals surface area (Å²) in [6.45, 7) is 0.883. The maximum absolute atomic E-state index is 13.0. The zero-order valence-electron chi connectivity index (χ0n) is 13.5. The van der Waals surface area contributed by atoms with E-state index >= 15 is 0 Å². The summed E-state index contributed by atoms with van der Waals surface area (Å²) in [5, 5.41) is 9.54. The van der Waals surface area contributed by atoms with Gasteiger partial charge in [0.25, 0.3) is 0 Å². The average Bonchev–Trinajstić information content (AvgIpc) is 3.00. The Kier molecular flexibility index (Phi) is 4.39. The highest BCUT2D eigenvalue weighted by molar-refractivity contribution is 5.86. The normalized spacial score (nSPS) is 26.8. The van der Waals surface area contributed by atoms with Crippen molar-refractivity contribution in [3.05, 3.63) is 35.4 Å². The molecule has 1 aliphatic carbocycles. The van der Waals surface area contributed by atoms with Crippen LogP contribution in [0.3, 0.4) is 0 Å². The zero-order valence-corrected chi connectivity index (χ0v) is 13.5. The van der Waals surface area contributed by atoms with Crippen LogP contribution >= 0.6 is 0 Å². The van der Waals surface area contributed by atoms with Gasteiger partial charge in [0.2, 0.25) is 5.91 Å². The highest BCUT2D eigenvalue weighted by atomic mass is 16.5. The number of aliphatic carboxylic acids is 1. The van der Waals surface area contributed by atoms with Gasteiger partial charge in [0, 0.05) is 20.2 Å². The number of benzene rings is 1. The lowest BCUT2D eigenvalue weighted by Crippen LogP contribution is -2.41. The molecule has 0 spiro atoms. The predicted octanol–water partition coefficient (Wildman–Crippen LogP) is 2.06. The lowest BCUT2D eigenvalue weighted by Gasteiger charge is -2.29. The molecule has 2 unspecified atom stereocenters. The van der Waals surface area contributed by atoms with Crippen molar-refractivity contribution in [2.45, 2.75) is 31.6 Å². The highest BCUT2D eigenvalue weighted by Crippen LogP contribution is 2.37. The van der Waals surface area contributed by atoms with Gasteiger partial charge in [-0.1, -0.05) is 24.3 Å². The van der Waals surface area contributed by atoms with E-state index < -0.39 is 11.4 Å². The topological polar surface area (TPSA) is 66.8 Å². The monoisotopic (exact) mass is 317 g/mol. The lowest BCUT2D eigenvalue weighted by atomic mass is 9.82. The Labute approximate surface area is 136 Å². The number of ether oxygens (including phenoxy) is 1. The third-order valence-electron chi connectivity index (χ3n) is 5.21. The molecule has 2 atom stereocenters. The Morgan fingerprint density at radius 3 is 2.91 bits per heavy atom. The third kappa shape index (κ3) is 2.85. The maximum Gasteiger partial charge on any atom is 0.313 e. The summed E-state index contributed by atoms with van der Waals surface area (Å²) >= 11 is 0. The highest BCUT2D eigenvalue weighted by Gasteiger charge is 2.47. The standard InChI is InChI=1S/C18H23NO4/c1-23-12-18(17(21)22)9-10-19(11-18)16(20)15-8-4-6-13-5-2-3-7-14(13)15/h2-3,5,7,15H,4,6,8-12H2,1H3,(H,21,22). The van der Waals surface area contributed by atoms with Crippen LogP contribution in [0.1, 0.15) is 36.3 Å². The van der Waals surface area contributed by atoms with Gasteiger partial charge in [-0.25, -0.2) is 0 Å². The van der Waals surface area contributed by atoms with E-state index in [0.717, 1.165) is 24.8 Å². The van der Waals surface area contributed by atoms with E-state index in [4.69, 9.17) is 4.74 Å². The molecular weight excluding hydrogens is 294 g/mol. The van der Waals surface area contributed by atoms with Crippen molar-refractivity contribution in [1.29, 1.82) is 0 Å². The van der Waals surface area contributed by atoms with Crippen molar-refractivity contribution in [2.24, 2.45) is 5.41 Å². The van der Waals surface area contributed by atoms with Crippen LogP contribution in [0.2, 0.25) is 0 Å². The number of rotatable bonds is 4. The van der Waals surface area contributed by atoms with Crippen LogP contribution in [-0.4, -0.2) is 48.7 Å². The van der Waals surface area contributed by atoms with Gasteiger partial charge in [-0.15, -0.1) is 0 Å². The number of carboxylic acid groups (broad SMARTS) is 1. The van der Waals surface area contributed by atoms with Gasteiger partial charge >= 0.3 is 5.97 Å². The van der Waals surface area contributed by atoms with Gasteiger partial charge < -0.3 is 14.7 Å². The molecule has 1 fully saturated rings. The number of likely N-dealkylation sites (tertiary alicyclic amines) is 1. The summed E-state index contributed by atoms with van der Waals surface area (Å²) in [5.41, 5.74) is 1.40. The number of carbonyl (C=O) groups is 2. The van der Waals surface area contributed by atoms with Crippen molar-refractivity contribution >= 4 is 11.9 Å². The first-order chi connectivity index (χ1) is 11.1. The molecular formula is C18H23NO4. The van der Waals surface area contributed by atoms with Gasteiger partial charge in [-0.05, 0) is 36.8 Å². The molecule has 1 aliphatic heterocycles. The average molecular weight is 317 g/mol. The van der Waals surface area contributed by atoms with Crippen LogP contribution in [0.4, 0.5) is 0 Å². The molecule has 0 radical (unpaired) electrons. The molecule has 0 aromatic heterocycles. The number of hydrogen-bond donors (Lipinski definition) is 1. The third-order valence-corrected chi connectivity index (χ3v) is 5.21. The molecule has 0 bridgehead atoms. The van der Waals surface area contributed by atoms with Gasteiger partial charge in [0.05, 0.1) is 12.5 Å². The van der Waals surface area contributed by atoms with E-state index in [1.165, 1.54) is 12.7 Å². The van der Waals surface area contributed by atoms with E-state index in [9.17, 15) is 14.7 Å². The molecule has 3 rings (SSSR count). The van der Waals surface area contributed by atoms with Crippen LogP contribution in [0.15, 0.2) is 24.3 Å². The fourth-order valence-electron chi connectivity index (χ4n) is 3.92. The second-order valence-corrected chi connectivity index (χ2v) is 6.67. The van der Waals surface area contributed by atoms with Crippen molar-refractivity contribution in [3.8, 4) is 0 Å². The summed E-state index contributed by atoms with van der Waals surface area (Å²) in [6.07, 6.45) is 3.32. The first-order valence-electron chi connectivity index (χ1n) is 8.16. The zero-order chi connectivity index (χ0) is 16.4. The molecule has 124 valence electrons. The SMILES string of the molecule is COCC1(C(=O)O)CCN(C(=O)C2CCCc3ccccc32)C1. The number of nitrogens with zero attached hydrogens (tertiary/aromatic N) is 1. The molecule has 1 aromatic carbocycles. The number of aryl methyl sites for hydroxylation is 1. The fourth-order valence-corrected chi connectivity index (χ4v) is 3.92. The number of amides is 1. The Hall–Kier alpha value is -1.88. The van der Waals surface area contributed by atoms with Crippen molar-refractivity contribution in [3.63, 3.8) is 0 Å². The van der Waals surface area contributed by atoms with E-state index in [2.05, 4.69) is 6.07 Å². The Morgan fingerprint density at radius 2 is 2.17 bits per heavy atom. The molecule has 5 nitrogen and oxygen atoms in total. The first kappa shape index (κ1) is 16.0. The van der Waals surface area contributed by atoms with Crippen molar-refractivity contribution in [1.82, 2.24) is 4.90 Å². The number of hydrogen-bond acceptors (Lipinski definition) is 3. The number of carbonyl (C=O) groups excluding carboxylic acids is 1. The van der Waals surface area contributed by atoms with Crippen molar-refractivity contribution < 1.29 is 19.4 Å². The second kappa shape index (κ2) is 6.32. The summed E-state index contributed by atoms with van der Waals surface area (Å²) < 4.78 is 5.10. The van der Waals surface area contributed by atoms with Crippen LogP contribution in [0.5, 0.6) is 0 Å². The second-order valence-electron chi connectivity index (χ2n) is 6.67. The van der Waals surface area contributed by atoms with E-state index in [0.29, 0.717) is 13.0 Å². The minimum atomic E-state index is -0.960. The molecule has 2 aliphatic rings. The van der Waals surface area contributed by atoms with Crippen LogP contribution in [-0.2, 0) is 20.7 Å². The van der Waals surface area contributed by atoms with Crippen LogP contribution < -0.4 is 0 Å². The summed E-state index contributed by atoms with van der Waals surface area (Å²) in [6, 6.07) is 8.11. The smallest absolute Gasteiger partial charge is 0.313 e. The number of methoxy groups -OCH3 is 1. The Balaban J connectivity index is 1.79. The van der Waals surface area contributed by atoms with Gasteiger partial charge in [-0.2, -0.15) is 0 Å². The minimum absolute atomic E-state index is 0.0661. The summed E-state index contributed by atoms with van der Waals surface area (Å²) in [7, 11) is 1.51. The largest absolute Gasteiger partial charge is 0.481 e. The molecule has 1 aromatic rings. The van der Waals surface area contributed by atoms with Crippen molar-refractivity contribution in [2.75, 3.05) is 26.8 Å². The Morgan fingerprint density at radius 1 is 1.39 bits per heavy atom. The first-order valence-corrected chi connectivity index (χ1v) is 8.16. The van der Waals surface area contributed by atoms with Crippen LogP contribution in [0.25, 0.3) is 0 Å². The molecule has 1 heterocycles. The maximum atomic E-state index is 13.0. The molecule has 1 saturated heterocycles. The quantitative estimate of drug-likeness (QED) is 0.923. The number of fused-ring (bicyclic) bond motifs is 1. The molecule has 0 saturated carbocycles. The molecule has 1 amide bonds. The van der Waals surface area contributed by atoms with E-state index in [1.54, 1.807) is 4.90 Å². The fraction of sp³-hybridized carbons (Fsp3) is 0.556. The molecule has 23 heavy (non-hydrogen) atoms. The Bertz CT molecular complexity index is 615. The minimum Gasteiger partial charge on any atom is -0.481 e. The summed E-state index contributed by atoms with van der Waals surface area (Å²) in [4.78, 5) is 26.3. The van der Waals surface area contributed by atoms with E-state index in [1.807, 2.05) is 18.2 Å². The predicted molar refractivity (Wildman–Crippen MR) is 85.3 cm³/mol. The van der Waals surface area contributed by atoms with Gasteiger partial charge in [0.1, 0.15) is 5.41 Å². The summed E-state index contributed by atoms with van der Waals surface area (Å²) in [5.74, 6) is -0.942. The van der Waals surface area contributed by atoms with E-state index in [-0.39, 0.29) is 25.0 Å². The molecule has 5 heteroatoms. The van der Waals surface area contributed by atoms with Gasteiger partial charge in [0.15, 0.2) is 0 Å². The van der Waals surface area contributed by atoms with Gasteiger partial charge in [-0.3, -0.25) is 9.59 Å².